The maximum atomic E-state index is 13.1. The van der Waals surface area contributed by atoms with E-state index in [-0.39, 0.29) is 23.6 Å². The molecule has 1 saturated heterocycles. The second kappa shape index (κ2) is 8.52. The van der Waals surface area contributed by atoms with Crippen LogP contribution in [0.4, 0.5) is 11.4 Å². The number of para-hydroxylation sites is 1. The third-order valence-electron chi connectivity index (χ3n) is 5.45. The topological polar surface area (TPSA) is 78.5 Å². The number of fused-ring (bicyclic) bond motifs is 1. The number of anilines is 2. The standard InChI is InChI=1S/C23H25N3O3S/c1-14-10-15(2)12-17(11-14)24-21(27)16-6-5-9-26(13-16)23(29)20-22(28)25-18-7-3-4-8-19(18)30-20/h3-4,7-8,10-12,16,20H,5-6,9,13H2,1-2H3,(H,24,27)(H,25,28)/t16-,20+/m0/s1. The predicted molar refractivity (Wildman–Crippen MR) is 119 cm³/mol. The minimum Gasteiger partial charge on any atom is -0.340 e. The van der Waals surface area contributed by atoms with Gasteiger partial charge in [0.2, 0.25) is 17.7 Å². The third kappa shape index (κ3) is 4.36. The summed E-state index contributed by atoms with van der Waals surface area (Å²) in [5.41, 5.74) is 3.69. The van der Waals surface area contributed by atoms with E-state index in [9.17, 15) is 14.4 Å². The molecular formula is C23H25N3O3S. The van der Waals surface area contributed by atoms with Crippen molar-refractivity contribution in [2.45, 2.75) is 36.8 Å². The monoisotopic (exact) mass is 423 g/mol. The molecule has 2 atom stereocenters. The Bertz CT molecular complexity index is 987. The zero-order chi connectivity index (χ0) is 21.3. The molecule has 0 unspecified atom stereocenters. The molecule has 7 heteroatoms. The van der Waals surface area contributed by atoms with Gasteiger partial charge in [-0.15, -0.1) is 11.8 Å². The van der Waals surface area contributed by atoms with E-state index in [2.05, 4.69) is 16.7 Å². The molecule has 156 valence electrons. The van der Waals surface area contributed by atoms with Gasteiger partial charge in [-0.2, -0.15) is 0 Å². The molecule has 0 spiro atoms. The molecule has 2 aromatic carbocycles. The van der Waals surface area contributed by atoms with Crippen LogP contribution in [0, 0.1) is 19.8 Å². The van der Waals surface area contributed by atoms with Crippen molar-refractivity contribution in [2.24, 2.45) is 5.92 Å². The van der Waals surface area contributed by atoms with Crippen molar-refractivity contribution in [3.63, 3.8) is 0 Å². The molecule has 0 aromatic heterocycles. The number of likely N-dealkylation sites (tertiary alicyclic amines) is 1. The molecule has 0 aliphatic carbocycles. The van der Waals surface area contributed by atoms with Gasteiger partial charge >= 0.3 is 0 Å². The molecule has 2 aromatic rings. The van der Waals surface area contributed by atoms with Gasteiger partial charge in [0.1, 0.15) is 0 Å². The van der Waals surface area contributed by atoms with Crippen molar-refractivity contribution in [1.82, 2.24) is 4.90 Å². The number of hydrogen-bond donors (Lipinski definition) is 2. The van der Waals surface area contributed by atoms with Crippen molar-refractivity contribution in [3.8, 4) is 0 Å². The van der Waals surface area contributed by atoms with Gasteiger partial charge in [0, 0.05) is 23.7 Å². The van der Waals surface area contributed by atoms with E-state index < -0.39 is 5.25 Å². The first-order chi connectivity index (χ1) is 14.4. The van der Waals surface area contributed by atoms with Crippen LogP contribution in [-0.4, -0.2) is 41.0 Å². The Labute approximate surface area is 180 Å². The van der Waals surface area contributed by atoms with Crippen LogP contribution >= 0.6 is 11.8 Å². The maximum Gasteiger partial charge on any atom is 0.247 e. The number of carbonyl (C=O) groups excluding carboxylic acids is 3. The lowest BCUT2D eigenvalue weighted by Crippen LogP contribution is -2.50. The van der Waals surface area contributed by atoms with Gasteiger partial charge in [0.15, 0.2) is 5.25 Å². The van der Waals surface area contributed by atoms with Gasteiger partial charge in [-0.1, -0.05) is 18.2 Å². The number of piperidine rings is 1. The summed E-state index contributed by atoms with van der Waals surface area (Å²) in [7, 11) is 0. The summed E-state index contributed by atoms with van der Waals surface area (Å²) >= 11 is 1.28. The number of rotatable bonds is 3. The number of benzene rings is 2. The molecule has 0 saturated carbocycles. The lowest BCUT2D eigenvalue weighted by molar-refractivity contribution is -0.136. The summed E-state index contributed by atoms with van der Waals surface area (Å²) < 4.78 is 0. The molecule has 1 fully saturated rings. The molecule has 4 rings (SSSR count). The molecule has 0 radical (unpaired) electrons. The summed E-state index contributed by atoms with van der Waals surface area (Å²) in [5, 5.41) is 4.99. The third-order valence-corrected chi connectivity index (χ3v) is 6.71. The van der Waals surface area contributed by atoms with Crippen LogP contribution < -0.4 is 10.6 Å². The van der Waals surface area contributed by atoms with E-state index in [0.29, 0.717) is 13.1 Å². The van der Waals surface area contributed by atoms with Crippen molar-refractivity contribution in [3.05, 3.63) is 53.6 Å². The van der Waals surface area contributed by atoms with Crippen LogP contribution in [0.2, 0.25) is 0 Å². The van der Waals surface area contributed by atoms with E-state index in [4.69, 9.17) is 0 Å². The average Bonchev–Trinajstić information content (AvgIpc) is 2.72. The van der Waals surface area contributed by atoms with Crippen molar-refractivity contribution in [1.29, 1.82) is 0 Å². The van der Waals surface area contributed by atoms with Crippen molar-refractivity contribution in [2.75, 3.05) is 23.7 Å². The minimum absolute atomic E-state index is 0.0800. The molecule has 2 aliphatic rings. The van der Waals surface area contributed by atoms with Gasteiger partial charge in [-0.05, 0) is 62.1 Å². The summed E-state index contributed by atoms with van der Waals surface area (Å²) in [4.78, 5) is 41.0. The van der Waals surface area contributed by atoms with Crippen LogP contribution in [0.15, 0.2) is 47.4 Å². The Kier molecular flexibility index (Phi) is 5.81. The quantitative estimate of drug-likeness (QED) is 0.740. The number of thioether (sulfide) groups is 1. The number of amides is 3. The molecule has 6 nitrogen and oxygen atoms in total. The summed E-state index contributed by atoms with van der Waals surface area (Å²) in [5.74, 6) is -0.891. The van der Waals surface area contributed by atoms with Crippen LogP contribution in [-0.2, 0) is 14.4 Å². The van der Waals surface area contributed by atoms with Crippen LogP contribution in [0.3, 0.4) is 0 Å². The highest BCUT2D eigenvalue weighted by atomic mass is 32.2. The molecule has 2 aliphatic heterocycles. The van der Waals surface area contributed by atoms with Gasteiger partial charge in [0.25, 0.3) is 0 Å². The van der Waals surface area contributed by atoms with E-state index >= 15 is 0 Å². The normalized spacial score (nSPS) is 20.9. The Hall–Kier alpha value is -2.80. The SMILES string of the molecule is Cc1cc(C)cc(NC(=O)[C@H]2CCCN(C(=O)[C@@H]3Sc4ccccc4NC3=O)C2)c1. The number of hydrogen-bond acceptors (Lipinski definition) is 4. The van der Waals surface area contributed by atoms with Crippen LogP contribution in [0.25, 0.3) is 0 Å². The highest BCUT2D eigenvalue weighted by Gasteiger charge is 2.38. The Morgan fingerprint density at radius 1 is 1.13 bits per heavy atom. The Balaban J connectivity index is 1.42. The van der Waals surface area contributed by atoms with Crippen LogP contribution in [0.1, 0.15) is 24.0 Å². The lowest BCUT2D eigenvalue weighted by atomic mass is 9.96. The van der Waals surface area contributed by atoms with Crippen molar-refractivity contribution >= 4 is 40.9 Å². The number of nitrogens with zero attached hydrogens (tertiary/aromatic N) is 1. The smallest absolute Gasteiger partial charge is 0.247 e. The Morgan fingerprint density at radius 2 is 1.87 bits per heavy atom. The van der Waals surface area contributed by atoms with E-state index in [1.807, 2.05) is 50.2 Å². The number of carbonyl (C=O) groups is 3. The predicted octanol–water partition coefficient (Wildman–Crippen LogP) is 3.59. The zero-order valence-electron chi connectivity index (χ0n) is 17.1. The molecular weight excluding hydrogens is 398 g/mol. The fourth-order valence-electron chi connectivity index (χ4n) is 4.06. The highest BCUT2D eigenvalue weighted by Crippen LogP contribution is 2.36. The second-order valence-electron chi connectivity index (χ2n) is 7.97. The maximum absolute atomic E-state index is 13.1. The zero-order valence-corrected chi connectivity index (χ0v) is 17.9. The van der Waals surface area contributed by atoms with E-state index in [1.54, 1.807) is 4.90 Å². The highest BCUT2D eigenvalue weighted by molar-refractivity contribution is 8.01. The first kappa shape index (κ1) is 20.5. The fourth-order valence-corrected chi connectivity index (χ4v) is 5.14. The lowest BCUT2D eigenvalue weighted by Gasteiger charge is -2.35. The van der Waals surface area contributed by atoms with Gasteiger partial charge < -0.3 is 15.5 Å². The van der Waals surface area contributed by atoms with Crippen LogP contribution in [0.5, 0.6) is 0 Å². The molecule has 3 amide bonds. The largest absolute Gasteiger partial charge is 0.340 e. The molecule has 2 N–H and O–H groups in total. The van der Waals surface area contributed by atoms with Gasteiger partial charge in [0.05, 0.1) is 11.6 Å². The summed E-state index contributed by atoms with van der Waals surface area (Å²) in [6, 6.07) is 13.4. The number of nitrogens with one attached hydrogen (secondary N) is 2. The number of aryl methyl sites for hydroxylation is 2. The minimum atomic E-state index is -0.818. The summed E-state index contributed by atoms with van der Waals surface area (Å²) in [6.07, 6.45) is 1.47. The summed E-state index contributed by atoms with van der Waals surface area (Å²) in [6.45, 7) is 4.89. The van der Waals surface area contributed by atoms with Gasteiger partial charge in [-0.3, -0.25) is 14.4 Å². The average molecular weight is 424 g/mol. The van der Waals surface area contributed by atoms with Gasteiger partial charge in [-0.25, -0.2) is 0 Å². The van der Waals surface area contributed by atoms with E-state index in [1.165, 1.54) is 11.8 Å². The first-order valence-electron chi connectivity index (χ1n) is 10.2. The first-order valence-corrected chi connectivity index (χ1v) is 11.0. The second-order valence-corrected chi connectivity index (χ2v) is 9.12. The Morgan fingerprint density at radius 3 is 2.63 bits per heavy atom. The molecule has 30 heavy (non-hydrogen) atoms. The fraction of sp³-hybridized carbons (Fsp3) is 0.348. The van der Waals surface area contributed by atoms with E-state index in [0.717, 1.165) is 40.2 Å². The molecule has 2 heterocycles. The molecule has 0 bridgehead atoms. The van der Waals surface area contributed by atoms with Crippen molar-refractivity contribution < 1.29 is 14.4 Å².